The summed E-state index contributed by atoms with van der Waals surface area (Å²) in [6, 6.07) is 4.48. The quantitative estimate of drug-likeness (QED) is 0.784. The standard InChI is InChI=1S/C14H21N3O2/c1-4-19-14(18)12-8-9-13(16-15-12)17-10(2)6-5-7-11(17)3/h8-11H,4-7H2,1-3H3. The number of carbonyl (C=O) groups excluding carboxylic acids is 1. The molecule has 0 aliphatic carbocycles. The summed E-state index contributed by atoms with van der Waals surface area (Å²) in [4.78, 5) is 13.8. The van der Waals surface area contributed by atoms with Crippen LogP contribution in [0.15, 0.2) is 12.1 Å². The van der Waals surface area contributed by atoms with E-state index in [1.165, 1.54) is 19.3 Å². The fourth-order valence-corrected chi connectivity index (χ4v) is 2.65. The molecule has 2 atom stereocenters. The van der Waals surface area contributed by atoms with Crippen LogP contribution >= 0.6 is 0 Å². The molecule has 2 heterocycles. The lowest BCUT2D eigenvalue weighted by atomic mass is 9.97. The van der Waals surface area contributed by atoms with Crippen molar-refractivity contribution in [1.29, 1.82) is 0 Å². The molecule has 0 N–H and O–H groups in total. The molecule has 1 aromatic rings. The molecule has 0 spiro atoms. The van der Waals surface area contributed by atoms with Crippen LogP contribution in [-0.4, -0.2) is 34.9 Å². The van der Waals surface area contributed by atoms with Gasteiger partial charge in [0.25, 0.3) is 0 Å². The van der Waals surface area contributed by atoms with Crippen molar-refractivity contribution in [2.24, 2.45) is 0 Å². The third-order valence-electron chi connectivity index (χ3n) is 3.59. The van der Waals surface area contributed by atoms with E-state index in [0.717, 1.165) is 5.82 Å². The second kappa shape index (κ2) is 5.99. The molecule has 1 saturated heterocycles. The number of carbonyl (C=O) groups is 1. The van der Waals surface area contributed by atoms with Crippen LogP contribution in [0.5, 0.6) is 0 Å². The lowest BCUT2D eigenvalue weighted by Crippen LogP contribution is -2.44. The normalized spacial score (nSPS) is 23.2. The molecule has 2 unspecified atom stereocenters. The molecule has 104 valence electrons. The molecule has 0 amide bonds. The summed E-state index contributed by atoms with van der Waals surface area (Å²) in [6.45, 7) is 6.53. The Morgan fingerprint density at radius 3 is 2.53 bits per heavy atom. The van der Waals surface area contributed by atoms with Gasteiger partial charge in [0, 0.05) is 12.1 Å². The summed E-state index contributed by atoms with van der Waals surface area (Å²) >= 11 is 0. The smallest absolute Gasteiger partial charge is 0.358 e. The van der Waals surface area contributed by atoms with Crippen LogP contribution < -0.4 is 4.90 Å². The second-order valence-corrected chi connectivity index (χ2v) is 5.03. The van der Waals surface area contributed by atoms with Crippen molar-refractivity contribution in [2.45, 2.75) is 52.1 Å². The van der Waals surface area contributed by atoms with E-state index in [1.54, 1.807) is 13.0 Å². The van der Waals surface area contributed by atoms with Gasteiger partial charge in [0.05, 0.1) is 6.61 Å². The van der Waals surface area contributed by atoms with E-state index in [9.17, 15) is 4.79 Å². The van der Waals surface area contributed by atoms with Gasteiger partial charge in [-0.15, -0.1) is 10.2 Å². The fourth-order valence-electron chi connectivity index (χ4n) is 2.65. The van der Waals surface area contributed by atoms with Gasteiger partial charge in [-0.25, -0.2) is 4.79 Å². The molecule has 1 aliphatic rings. The number of esters is 1. The van der Waals surface area contributed by atoms with Gasteiger partial charge in [-0.2, -0.15) is 0 Å². The summed E-state index contributed by atoms with van der Waals surface area (Å²) in [5.74, 6) is 0.425. The third-order valence-corrected chi connectivity index (χ3v) is 3.59. The van der Waals surface area contributed by atoms with E-state index in [0.29, 0.717) is 18.7 Å². The minimum absolute atomic E-state index is 0.267. The Balaban J connectivity index is 2.15. The lowest BCUT2D eigenvalue weighted by Gasteiger charge is -2.39. The maximum Gasteiger partial charge on any atom is 0.358 e. The summed E-state index contributed by atoms with van der Waals surface area (Å²) < 4.78 is 4.90. The third kappa shape index (κ3) is 3.03. The highest BCUT2D eigenvalue weighted by molar-refractivity contribution is 5.87. The van der Waals surface area contributed by atoms with E-state index in [2.05, 4.69) is 28.9 Å². The number of ether oxygens (including phenoxy) is 1. The molecule has 1 fully saturated rings. The molecule has 19 heavy (non-hydrogen) atoms. The molecule has 2 rings (SSSR count). The molecule has 5 heteroatoms. The number of rotatable bonds is 3. The van der Waals surface area contributed by atoms with E-state index >= 15 is 0 Å². The van der Waals surface area contributed by atoms with Crippen LogP contribution in [0.25, 0.3) is 0 Å². The van der Waals surface area contributed by atoms with Crippen molar-refractivity contribution in [3.63, 3.8) is 0 Å². The first-order valence-corrected chi connectivity index (χ1v) is 6.92. The molecular formula is C14H21N3O2. The minimum atomic E-state index is -0.415. The van der Waals surface area contributed by atoms with Crippen molar-refractivity contribution < 1.29 is 9.53 Å². The van der Waals surface area contributed by atoms with Gasteiger partial charge in [0.15, 0.2) is 11.5 Å². The van der Waals surface area contributed by atoms with Crippen LogP contribution in [0.2, 0.25) is 0 Å². The average molecular weight is 263 g/mol. The van der Waals surface area contributed by atoms with Gasteiger partial charge in [-0.1, -0.05) is 0 Å². The molecule has 0 bridgehead atoms. The second-order valence-electron chi connectivity index (χ2n) is 5.03. The Morgan fingerprint density at radius 1 is 1.32 bits per heavy atom. The van der Waals surface area contributed by atoms with Crippen LogP contribution in [-0.2, 0) is 4.74 Å². The predicted molar refractivity (Wildman–Crippen MR) is 73.2 cm³/mol. The topological polar surface area (TPSA) is 55.3 Å². The number of anilines is 1. The Bertz CT molecular complexity index is 423. The predicted octanol–water partition coefficient (Wildman–Crippen LogP) is 2.42. The van der Waals surface area contributed by atoms with Crippen molar-refractivity contribution in [3.8, 4) is 0 Å². The lowest BCUT2D eigenvalue weighted by molar-refractivity contribution is 0.0518. The van der Waals surface area contributed by atoms with Crippen molar-refractivity contribution in [3.05, 3.63) is 17.8 Å². The zero-order valence-electron chi connectivity index (χ0n) is 11.8. The maximum absolute atomic E-state index is 11.5. The van der Waals surface area contributed by atoms with E-state index < -0.39 is 5.97 Å². The molecule has 1 aliphatic heterocycles. The van der Waals surface area contributed by atoms with Crippen LogP contribution in [0.3, 0.4) is 0 Å². The van der Waals surface area contributed by atoms with Crippen LogP contribution in [0.4, 0.5) is 5.82 Å². The van der Waals surface area contributed by atoms with Crippen LogP contribution in [0, 0.1) is 0 Å². The van der Waals surface area contributed by atoms with Gasteiger partial charge in [0.2, 0.25) is 0 Å². The van der Waals surface area contributed by atoms with E-state index in [1.807, 2.05) is 6.07 Å². The Kier molecular flexibility index (Phi) is 4.35. The molecular weight excluding hydrogens is 242 g/mol. The van der Waals surface area contributed by atoms with Gasteiger partial charge in [-0.05, 0) is 52.2 Å². The number of piperidine rings is 1. The highest BCUT2D eigenvalue weighted by Crippen LogP contribution is 2.27. The van der Waals surface area contributed by atoms with Gasteiger partial charge < -0.3 is 9.64 Å². The highest BCUT2D eigenvalue weighted by Gasteiger charge is 2.26. The number of hydrogen-bond donors (Lipinski definition) is 0. The monoisotopic (exact) mass is 263 g/mol. The molecule has 0 aromatic carbocycles. The van der Waals surface area contributed by atoms with Crippen molar-refractivity contribution in [1.82, 2.24) is 10.2 Å². The molecule has 1 aromatic heterocycles. The first kappa shape index (κ1) is 13.8. The number of nitrogens with zero attached hydrogens (tertiary/aromatic N) is 3. The Morgan fingerprint density at radius 2 is 2.00 bits per heavy atom. The first-order valence-electron chi connectivity index (χ1n) is 6.92. The molecule has 0 saturated carbocycles. The van der Waals surface area contributed by atoms with Gasteiger partial charge in [0.1, 0.15) is 0 Å². The van der Waals surface area contributed by atoms with Crippen LogP contribution in [0.1, 0.15) is 50.5 Å². The average Bonchev–Trinajstić information content (AvgIpc) is 2.39. The number of aromatic nitrogens is 2. The molecule has 0 radical (unpaired) electrons. The van der Waals surface area contributed by atoms with Gasteiger partial charge >= 0.3 is 5.97 Å². The Labute approximate surface area is 114 Å². The van der Waals surface area contributed by atoms with Gasteiger partial charge in [-0.3, -0.25) is 0 Å². The minimum Gasteiger partial charge on any atom is -0.461 e. The summed E-state index contributed by atoms with van der Waals surface area (Å²) in [6.07, 6.45) is 3.60. The SMILES string of the molecule is CCOC(=O)c1ccc(N2C(C)CCCC2C)nn1. The summed E-state index contributed by atoms with van der Waals surface area (Å²) in [5.41, 5.74) is 0.267. The van der Waals surface area contributed by atoms with Crippen molar-refractivity contribution in [2.75, 3.05) is 11.5 Å². The summed E-state index contributed by atoms with van der Waals surface area (Å²) in [7, 11) is 0. The first-order chi connectivity index (χ1) is 9.13. The van der Waals surface area contributed by atoms with E-state index in [-0.39, 0.29) is 5.69 Å². The number of hydrogen-bond acceptors (Lipinski definition) is 5. The molecule has 5 nitrogen and oxygen atoms in total. The Hall–Kier alpha value is -1.65. The zero-order valence-corrected chi connectivity index (χ0v) is 11.8. The summed E-state index contributed by atoms with van der Waals surface area (Å²) in [5, 5.41) is 8.16. The zero-order chi connectivity index (χ0) is 13.8. The fraction of sp³-hybridized carbons (Fsp3) is 0.643. The maximum atomic E-state index is 11.5. The largest absolute Gasteiger partial charge is 0.461 e. The highest BCUT2D eigenvalue weighted by atomic mass is 16.5. The van der Waals surface area contributed by atoms with Crippen molar-refractivity contribution >= 4 is 11.8 Å². The van der Waals surface area contributed by atoms with E-state index in [4.69, 9.17) is 4.74 Å².